The summed E-state index contributed by atoms with van der Waals surface area (Å²) in [5.74, 6) is 1.08. The van der Waals surface area contributed by atoms with E-state index in [2.05, 4.69) is 25.8 Å². The number of benzene rings is 1. The predicted octanol–water partition coefficient (Wildman–Crippen LogP) is 3.22. The largest absolute Gasteiger partial charge is 0.493 e. The number of hydrogen-bond acceptors (Lipinski definition) is 7. The zero-order chi connectivity index (χ0) is 22.5. The van der Waals surface area contributed by atoms with Gasteiger partial charge in [-0.15, -0.1) is 11.3 Å². The van der Waals surface area contributed by atoms with E-state index >= 15 is 0 Å². The molecule has 1 aromatic carbocycles. The molecule has 3 N–H and O–H groups in total. The predicted molar refractivity (Wildman–Crippen MR) is 124 cm³/mol. The first-order valence-corrected chi connectivity index (χ1v) is 11.7. The number of rotatable bonds is 7. The van der Waals surface area contributed by atoms with Crippen LogP contribution in [0.3, 0.4) is 0 Å². The van der Waals surface area contributed by atoms with Crippen molar-refractivity contribution in [1.82, 2.24) is 15.2 Å². The fourth-order valence-electron chi connectivity index (χ4n) is 4.14. The molecule has 1 aliphatic heterocycles. The lowest BCUT2D eigenvalue weighted by Crippen LogP contribution is -2.36. The topological polar surface area (TPSA) is 105 Å². The minimum absolute atomic E-state index is 0.0977. The number of nitrogens with zero attached hydrogens (tertiary/aromatic N) is 2. The highest BCUT2D eigenvalue weighted by Gasteiger charge is 2.24. The normalized spacial score (nSPS) is 16.3. The number of hydrogen-bond donors (Lipinski definition) is 3. The summed E-state index contributed by atoms with van der Waals surface area (Å²) in [7, 11) is 3.13. The van der Waals surface area contributed by atoms with Gasteiger partial charge in [-0.2, -0.15) is 0 Å². The number of thiazole rings is 1. The van der Waals surface area contributed by atoms with Crippen LogP contribution in [0.15, 0.2) is 18.2 Å². The quantitative estimate of drug-likeness (QED) is 0.587. The second-order valence-corrected chi connectivity index (χ2v) is 9.13. The van der Waals surface area contributed by atoms with Gasteiger partial charge in [0.1, 0.15) is 0 Å². The molecule has 32 heavy (non-hydrogen) atoms. The maximum atomic E-state index is 12.6. The van der Waals surface area contributed by atoms with Crippen molar-refractivity contribution in [2.45, 2.75) is 44.7 Å². The van der Waals surface area contributed by atoms with E-state index in [0.717, 1.165) is 36.4 Å². The SMILES string of the molecule is COc1ccc(NC(=O)CN2CCc3nc(NC(=O)NC4CCCC4)sc3C2)cc1OC. The Morgan fingerprint density at radius 3 is 2.69 bits per heavy atom. The van der Waals surface area contributed by atoms with Crippen molar-refractivity contribution in [3.05, 3.63) is 28.8 Å². The fraction of sp³-hybridized carbons (Fsp3) is 0.500. The highest BCUT2D eigenvalue weighted by Crippen LogP contribution is 2.30. The number of fused-ring (bicyclic) bond motifs is 1. The number of amides is 3. The van der Waals surface area contributed by atoms with Crippen LogP contribution < -0.4 is 25.4 Å². The van der Waals surface area contributed by atoms with Gasteiger partial charge in [0.25, 0.3) is 0 Å². The Labute approximate surface area is 191 Å². The van der Waals surface area contributed by atoms with Gasteiger partial charge in [0, 0.05) is 42.2 Å². The number of methoxy groups -OCH3 is 2. The lowest BCUT2D eigenvalue weighted by Gasteiger charge is -2.25. The second-order valence-electron chi connectivity index (χ2n) is 8.05. The first-order valence-electron chi connectivity index (χ1n) is 10.8. The van der Waals surface area contributed by atoms with Crippen LogP contribution in [0.25, 0.3) is 0 Å². The summed E-state index contributed by atoms with van der Waals surface area (Å²) in [5, 5.41) is 9.41. The van der Waals surface area contributed by atoms with Crippen molar-refractivity contribution in [1.29, 1.82) is 0 Å². The second kappa shape index (κ2) is 10.2. The molecule has 1 fully saturated rings. The smallest absolute Gasteiger partial charge is 0.321 e. The van der Waals surface area contributed by atoms with Gasteiger partial charge in [0.2, 0.25) is 5.91 Å². The highest BCUT2D eigenvalue weighted by molar-refractivity contribution is 7.15. The van der Waals surface area contributed by atoms with Gasteiger partial charge in [0.15, 0.2) is 16.6 Å². The third-order valence-electron chi connectivity index (χ3n) is 5.76. The molecule has 1 aliphatic carbocycles. The molecule has 4 rings (SSSR count). The summed E-state index contributed by atoms with van der Waals surface area (Å²) in [4.78, 5) is 32.5. The summed E-state index contributed by atoms with van der Waals surface area (Å²) in [5.41, 5.74) is 1.66. The van der Waals surface area contributed by atoms with Crippen molar-refractivity contribution < 1.29 is 19.1 Å². The molecule has 0 radical (unpaired) electrons. The Morgan fingerprint density at radius 2 is 1.94 bits per heavy atom. The number of nitrogens with one attached hydrogen (secondary N) is 3. The summed E-state index contributed by atoms with van der Waals surface area (Å²) < 4.78 is 10.5. The highest BCUT2D eigenvalue weighted by atomic mass is 32.1. The van der Waals surface area contributed by atoms with Crippen LogP contribution >= 0.6 is 11.3 Å². The molecule has 0 unspecified atom stereocenters. The van der Waals surface area contributed by atoms with Gasteiger partial charge < -0.3 is 20.1 Å². The zero-order valence-electron chi connectivity index (χ0n) is 18.4. The van der Waals surface area contributed by atoms with Gasteiger partial charge in [-0.05, 0) is 25.0 Å². The first-order chi connectivity index (χ1) is 15.5. The average molecular weight is 460 g/mol. The summed E-state index contributed by atoms with van der Waals surface area (Å²) in [6, 6.07) is 5.36. The number of carbonyl (C=O) groups excluding carboxylic acids is 2. The Bertz CT molecular complexity index is 973. The molecule has 0 atom stereocenters. The van der Waals surface area contributed by atoms with E-state index in [4.69, 9.17) is 9.47 Å². The lowest BCUT2D eigenvalue weighted by atomic mass is 10.2. The van der Waals surface area contributed by atoms with E-state index < -0.39 is 0 Å². The molecule has 9 nitrogen and oxygen atoms in total. The molecule has 3 amide bonds. The number of anilines is 2. The molecule has 0 bridgehead atoms. The molecule has 2 aliphatic rings. The minimum Gasteiger partial charge on any atom is -0.493 e. The van der Waals surface area contributed by atoms with Crippen molar-refractivity contribution in [2.24, 2.45) is 0 Å². The third kappa shape index (κ3) is 5.49. The van der Waals surface area contributed by atoms with Crippen LogP contribution in [-0.4, -0.2) is 55.2 Å². The standard InChI is InChI=1S/C22H29N5O4S/c1-30-17-8-7-15(11-18(17)31-2)23-20(28)13-27-10-9-16-19(12-27)32-22(25-16)26-21(29)24-14-5-3-4-6-14/h7-8,11,14H,3-6,9-10,12-13H2,1-2H3,(H,23,28)(H2,24,25,26,29). The van der Waals surface area contributed by atoms with Crippen LogP contribution in [0.4, 0.5) is 15.6 Å². The number of carbonyl (C=O) groups is 2. The molecular weight excluding hydrogens is 430 g/mol. The Balaban J connectivity index is 1.29. The van der Waals surface area contributed by atoms with Crippen molar-refractivity contribution in [3.8, 4) is 11.5 Å². The Kier molecular flexibility index (Phi) is 7.11. The third-order valence-corrected chi connectivity index (χ3v) is 6.75. The zero-order valence-corrected chi connectivity index (χ0v) is 19.2. The monoisotopic (exact) mass is 459 g/mol. The summed E-state index contributed by atoms with van der Waals surface area (Å²) >= 11 is 1.48. The minimum atomic E-state index is -0.186. The molecular formula is C22H29N5O4S. The van der Waals surface area contributed by atoms with Gasteiger partial charge in [-0.25, -0.2) is 9.78 Å². The van der Waals surface area contributed by atoms with Crippen LogP contribution in [0.5, 0.6) is 11.5 Å². The molecule has 0 saturated heterocycles. The average Bonchev–Trinajstić information content (AvgIpc) is 3.42. The van der Waals surface area contributed by atoms with Gasteiger partial charge >= 0.3 is 6.03 Å². The van der Waals surface area contributed by atoms with Crippen molar-refractivity contribution in [3.63, 3.8) is 0 Å². The maximum absolute atomic E-state index is 12.6. The maximum Gasteiger partial charge on any atom is 0.321 e. The van der Waals surface area contributed by atoms with Crippen LogP contribution in [0.2, 0.25) is 0 Å². The molecule has 2 heterocycles. The van der Waals surface area contributed by atoms with Crippen molar-refractivity contribution >= 4 is 34.1 Å². The molecule has 172 valence electrons. The Hall–Kier alpha value is -2.85. The van der Waals surface area contributed by atoms with Crippen LogP contribution in [0.1, 0.15) is 36.3 Å². The van der Waals surface area contributed by atoms with E-state index in [1.807, 2.05) is 0 Å². The van der Waals surface area contributed by atoms with Gasteiger partial charge in [-0.1, -0.05) is 12.8 Å². The van der Waals surface area contributed by atoms with E-state index in [9.17, 15) is 9.59 Å². The number of aromatic nitrogens is 1. The van der Waals surface area contributed by atoms with Crippen LogP contribution in [0, 0.1) is 0 Å². The Morgan fingerprint density at radius 1 is 1.16 bits per heavy atom. The lowest BCUT2D eigenvalue weighted by molar-refractivity contribution is -0.117. The molecule has 1 saturated carbocycles. The fourth-order valence-corrected chi connectivity index (χ4v) is 5.19. The number of ether oxygens (including phenoxy) is 2. The molecule has 10 heteroatoms. The summed E-state index contributed by atoms with van der Waals surface area (Å²) in [6.07, 6.45) is 5.18. The number of urea groups is 1. The van der Waals surface area contributed by atoms with E-state index in [0.29, 0.717) is 28.9 Å². The van der Waals surface area contributed by atoms with E-state index in [1.54, 1.807) is 32.4 Å². The molecule has 1 aromatic heterocycles. The molecule has 0 spiro atoms. The molecule has 2 aromatic rings. The van der Waals surface area contributed by atoms with E-state index in [1.165, 1.54) is 24.2 Å². The van der Waals surface area contributed by atoms with Gasteiger partial charge in [0.05, 0.1) is 26.5 Å². The summed E-state index contributed by atoms with van der Waals surface area (Å²) in [6.45, 7) is 1.65. The first kappa shape index (κ1) is 22.3. The van der Waals surface area contributed by atoms with E-state index in [-0.39, 0.29) is 24.5 Å². The van der Waals surface area contributed by atoms with Crippen molar-refractivity contribution in [2.75, 3.05) is 37.9 Å². The van der Waals surface area contributed by atoms with Gasteiger partial charge in [-0.3, -0.25) is 15.0 Å². The van der Waals surface area contributed by atoms with Crippen LogP contribution in [-0.2, 0) is 17.8 Å².